The Morgan fingerprint density at radius 1 is 1.10 bits per heavy atom. The Morgan fingerprint density at radius 3 is 2.19 bits per heavy atom. The minimum atomic E-state index is -1.22. The van der Waals surface area contributed by atoms with E-state index in [9.17, 15) is 14.3 Å². The van der Waals surface area contributed by atoms with Crippen molar-refractivity contribution in [1.29, 1.82) is 0 Å². The summed E-state index contributed by atoms with van der Waals surface area (Å²) in [6.07, 6.45) is 0. The maximum Gasteiger partial charge on any atom is 0.337 e. The van der Waals surface area contributed by atoms with Gasteiger partial charge in [0, 0.05) is 11.4 Å². The summed E-state index contributed by atoms with van der Waals surface area (Å²) in [5.41, 5.74) is 6.04. The number of hydrogen-bond donors (Lipinski definition) is 3. The summed E-state index contributed by atoms with van der Waals surface area (Å²) >= 11 is 17.4. The number of nitrogen functional groups attached to an aromatic ring is 1. The summed E-state index contributed by atoms with van der Waals surface area (Å²) in [6, 6.07) is 5.18. The lowest BCUT2D eigenvalue weighted by Gasteiger charge is -2.13. The number of nitrogens with one attached hydrogen (secondary N) is 1. The quantitative estimate of drug-likeness (QED) is 0.549. The van der Waals surface area contributed by atoms with Crippen LogP contribution in [0.3, 0.4) is 0 Å². The smallest absolute Gasteiger partial charge is 0.337 e. The maximum atomic E-state index is 13.4. The summed E-state index contributed by atoms with van der Waals surface area (Å²) in [7, 11) is 0. The van der Waals surface area contributed by atoms with Crippen molar-refractivity contribution in [3.8, 4) is 0 Å². The first-order valence-electron chi connectivity index (χ1n) is 5.53. The predicted molar refractivity (Wildman–Crippen MR) is 82.5 cm³/mol. The third kappa shape index (κ3) is 3.32. The van der Waals surface area contributed by atoms with E-state index in [0.29, 0.717) is 5.69 Å². The van der Waals surface area contributed by atoms with Crippen LogP contribution in [0.2, 0.25) is 15.1 Å². The highest BCUT2D eigenvalue weighted by atomic mass is 35.5. The number of rotatable bonds is 3. The fraction of sp³-hybridized carbons (Fsp3) is 0. The Morgan fingerprint density at radius 2 is 1.67 bits per heavy atom. The van der Waals surface area contributed by atoms with Crippen LogP contribution < -0.4 is 11.1 Å². The Bertz CT molecular complexity index is 715. The van der Waals surface area contributed by atoms with Crippen molar-refractivity contribution < 1.29 is 14.3 Å². The molecule has 0 unspecified atom stereocenters. The second-order valence-electron chi connectivity index (χ2n) is 4.11. The van der Waals surface area contributed by atoms with Crippen LogP contribution in [-0.4, -0.2) is 11.1 Å². The minimum Gasteiger partial charge on any atom is -0.478 e. The third-order valence-corrected chi connectivity index (χ3v) is 3.44. The number of halogens is 4. The number of hydrogen-bond acceptors (Lipinski definition) is 3. The van der Waals surface area contributed by atoms with E-state index < -0.39 is 11.8 Å². The summed E-state index contributed by atoms with van der Waals surface area (Å²) < 4.78 is 13.4. The van der Waals surface area contributed by atoms with Gasteiger partial charge >= 0.3 is 5.97 Å². The van der Waals surface area contributed by atoms with Crippen molar-refractivity contribution in [2.24, 2.45) is 0 Å². The molecule has 0 aliphatic carbocycles. The lowest BCUT2D eigenvalue weighted by molar-refractivity contribution is 0.0698. The van der Waals surface area contributed by atoms with E-state index in [1.165, 1.54) is 24.3 Å². The normalized spacial score (nSPS) is 10.5. The number of carbonyl (C=O) groups is 1. The largest absolute Gasteiger partial charge is 0.478 e. The molecule has 0 heterocycles. The molecule has 0 aliphatic rings. The van der Waals surface area contributed by atoms with E-state index in [0.717, 1.165) is 0 Å². The summed E-state index contributed by atoms with van der Waals surface area (Å²) in [6.45, 7) is 0. The second kappa shape index (κ2) is 5.97. The Hall–Kier alpha value is -1.69. The highest BCUT2D eigenvalue weighted by Gasteiger charge is 2.16. The van der Waals surface area contributed by atoms with Crippen LogP contribution in [0.1, 0.15) is 10.4 Å². The summed E-state index contributed by atoms with van der Waals surface area (Å²) in [5.74, 6) is -1.98. The molecular formula is C13H8Cl3FN2O2. The fourth-order valence-electron chi connectivity index (χ4n) is 1.70. The second-order valence-corrected chi connectivity index (χ2v) is 5.33. The zero-order chi connectivity index (χ0) is 15.7. The highest BCUT2D eigenvalue weighted by molar-refractivity contribution is 6.36. The average molecular weight is 350 g/mol. The van der Waals surface area contributed by atoms with Gasteiger partial charge in [0.25, 0.3) is 0 Å². The van der Waals surface area contributed by atoms with Gasteiger partial charge in [-0.15, -0.1) is 0 Å². The van der Waals surface area contributed by atoms with E-state index >= 15 is 0 Å². The molecule has 2 aromatic carbocycles. The fourth-order valence-corrected chi connectivity index (χ4v) is 2.46. The zero-order valence-electron chi connectivity index (χ0n) is 10.3. The van der Waals surface area contributed by atoms with Crippen molar-refractivity contribution in [3.05, 3.63) is 50.7 Å². The van der Waals surface area contributed by atoms with Gasteiger partial charge in [-0.2, -0.15) is 0 Å². The maximum absolute atomic E-state index is 13.4. The molecule has 2 rings (SSSR count). The van der Waals surface area contributed by atoms with Crippen LogP contribution in [0.4, 0.5) is 21.5 Å². The number of carboxylic acid groups (broad SMARTS) is 1. The number of aromatic carboxylic acids is 1. The molecule has 0 saturated carbocycles. The van der Waals surface area contributed by atoms with Gasteiger partial charge < -0.3 is 16.2 Å². The van der Waals surface area contributed by atoms with Crippen LogP contribution in [0.15, 0.2) is 24.3 Å². The van der Waals surface area contributed by atoms with Gasteiger partial charge in [-0.05, 0) is 24.3 Å². The highest BCUT2D eigenvalue weighted by Crippen LogP contribution is 2.34. The van der Waals surface area contributed by atoms with Crippen molar-refractivity contribution in [2.75, 3.05) is 11.1 Å². The average Bonchev–Trinajstić information content (AvgIpc) is 2.38. The Labute approximate surface area is 134 Å². The molecule has 4 N–H and O–H groups in total. The molecule has 0 atom stereocenters. The van der Waals surface area contributed by atoms with Gasteiger partial charge in [-0.3, -0.25) is 0 Å². The molecule has 0 amide bonds. The molecule has 8 heteroatoms. The van der Waals surface area contributed by atoms with Crippen LogP contribution in [-0.2, 0) is 0 Å². The van der Waals surface area contributed by atoms with Crippen LogP contribution in [0, 0.1) is 5.82 Å². The standard InChI is InChI=1S/C13H8Cl3FN2O2/c14-8-3-6(4-9(15)11(8)17)19-12-7(13(20)21)1-5(18)2-10(12)16/h1-4,19H,18H2,(H,20,21). The van der Waals surface area contributed by atoms with Gasteiger partial charge in [0.1, 0.15) is 0 Å². The van der Waals surface area contributed by atoms with Crippen molar-refractivity contribution in [1.82, 2.24) is 0 Å². The Kier molecular flexibility index (Phi) is 4.46. The number of anilines is 3. The zero-order valence-corrected chi connectivity index (χ0v) is 12.5. The topological polar surface area (TPSA) is 75.3 Å². The molecule has 110 valence electrons. The number of benzene rings is 2. The molecule has 21 heavy (non-hydrogen) atoms. The lowest BCUT2D eigenvalue weighted by atomic mass is 10.1. The number of carboxylic acids is 1. The van der Waals surface area contributed by atoms with E-state index in [1.54, 1.807) is 0 Å². The molecule has 0 saturated heterocycles. The van der Waals surface area contributed by atoms with Gasteiger partial charge in [-0.25, -0.2) is 9.18 Å². The van der Waals surface area contributed by atoms with E-state index in [1.807, 2.05) is 0 Å². The Balaban J connectivity index is 2.51. The van der Waals surface area contributed by atoms with E-state index in [2.05, 4.69) is 5.32 Å². The molecular weight excluding hydrogens is 342 g/mol. The summed E-state index contributed by atoms with van der Waals surface area (Å²) in [4.78, 5) is 11.2. The van der Waals surface area contributed by atoms with Gasteiger partial charge in [0.05, 0.1) is 26.3 Å². The molecule has 0 aliphatic heterocycles. The first-order chi connectivity index (χ1) is 9.79. The lowest BCUT2D eigenvalue weighted by Crippen LogP contribution is -2.05. The molecule has 0 bridgehead atoms. The van der Waals surface area contributed by atoms with E-state index in [-0.39, 0.29) is 32.0 Å². The van der Waals surface area contributed by atoms with Crippen LogP contribution >= 0.6 is 34.8 Å². The van der Waals surface area contributed by atoms with Crippen molar-refractivity contribution >= 4 is 57.8 Å². The summed E-state index contributed by atoms with van der Waals surface area (Å²) in [5, 5.41) is 11.6. The molecule has 2 aromatic rings. The van der Waals surface area contributed by atoms with Gasteiger partial charge in [0.2, 0.25) is 0 Å². The van der Waals surface area contributed by atoms with Crippen LogP contribution in [0.25, 0.3) is 0 Å². The van der Waals surface area contributed by atoms with Crippen LogP contribution in [0.5, 0.6) is 0 Å². The molecule has 4 nitrogen and oxygen atoms in total. The van der Waals surface area contributed by atoms with Crippen molar-refractivity contribution in [3.63, 3.8) is 0 Å². The molecule has 0 fully saturated rings. The first-order valence-corrected chi connectivity index (χ1v) is 6.67. The molecule has 0 aromatic heterocycles. The SMILES string of the molecule is Nc1cc(Cl)c(Nc2cc(Cl)c(F)c(Cl)c2)c(C(=O)O)c1. The number of nitrogens with two attached hydrogens (primary N) is 1. The third-order valence-electron chi connectivity index (χ3n) is 2.60. The minimum absolute atomic E-state index is 0.101. The molecule has 0 spiro atoms. The monoisotopic (exact) mass is 348 g/mol. The van der Waals surface area contributed by atoms with E-state index in [4.69, 9.17) is 40.5 Å². The first kappa shape index (κ1) is 15.7. The predicted octanol–water partition coefficient (Wildman–Crippen LogP) is 4.81. The van der Waals surface area contributed by atoms with Crippen molar-refractivity contribution in [2.45, 2.75) is 0 Å². The molecule has 0 radical (unpaired) electrons. The van der Waals surface area contributed by atoms with Gasteiger partial charge in [0.15, 0.2) is 5.82 Å². The van der Waals surface area contributed by atoms with Gasteiger partial charge in [-0.1, -0.05) is 34.8 Å².